The average molecular weight is 237 g/mol. The van der Waals surface area contributed by atoms with Gasteiger partial charge in [-0.15, -0.1) is 0 Å². The highest BCUT2D eigenvalue weighted by molar-refractivity contribution is 5.96. The minimum atomic E-state index is -2.08. The Balaban J connectivity index is 4.42. The predicted molar refractivity (Wildman–Crippen MR) is 49.9 cm³/mol. The van der Waals surface area contributed by atoms with Gasteiger partial charge < -0.3 is 25.5 Å². The molecule has 8 heteroatoms. The van der Waals surface area contributed by atoms with Crippen LogP contribution in [0, 0.1) is 0 Å². The van der Waals surface area contributed by atoms with Crippen molar-refractivity contribution in [2.24, 2.45) is 0 Å². The minimum absolute atomic E-state index is 0.742. The maximum atomic E-state index is 11.0. The van der Waals surface area contributed by atoms with E-state index in [1.165, 1.54) is 0 Å². The van der Waals surface area contributed by atoms with Crippen molar-refractivity contribution in [3.8, 4) is 0 Å². The molecule has 0 saturated carbocycles. The third kappa shape index (κ3) is 4.21. The zero-order valence-electron chi connectivity index (χ0n) is 8.57. The highest BCUT2D eigenvalue weighted by atomic mass is 16.4. The van der Waals surface area contributed by atoms with Gasteiger partial charge in [-0.1, -0.05) is 0 Å². The van der Waals surface area contributed by atoms with E-state index in [2.05, 4.69) is 0 Å². The van der Waals surface area contributed by atoms with Crippen molar-refractivity contribution in [2.75, 3.05) is 6.61 Å². The van der Waals surface area contributed by atoms with E-state index < -0.39 is 42.8 Å². The van der Waals surface area contributed by atoms with Crippen LogP contribution in [0.25, 0.3) is 0 Å². The Bertz CT molecular complexity index is 257. The summed E-state index contributed by atoms with van der Waals surface area (Å²) in [7, 11) is 0. The third-order valence-corrected chi connectivity index (χ3v) is 1.82. The zero-order chi connectivity index (χ0) is 12.9. The number of hydrogen-bond acceptors (Lipinski definition) is 7. The summed E-state index contributed by atoms with van der Waals surface area (Å²) in [5.41, 5.74) is 0. The van der Waals surface area contributed by atoms with Gasteiger partial charge in [-0.05, 0) is 0 Å². The van der Waals surface area contributed by atoms with E-state index in [4.69, 9.17) is 15.3 Å². The quantitative estimate of drug-likeness (QED) is 0.286. The first kappa shape index (κ1) is 14.9. The van der Waals surface area contributed by atoms with E-state index in [0.717, 1.165) is 6.92 Å². The molecule has 0 fully saturated rings. The maximum Gasteiger partial charge on any atom is 0.258 e. The SMILES string of the molecule is CC(=O)NC(=O)[C@H](O)[C@@H](O)[C@@H](O)[C@H](O)CO. The fourth-order valence-electron chi connectivity index (χ4n) is 0.925. The number of aliphatic hydroxyl groups is 5. The molecular weight excluding hydrogens is 222 g/mol. The van der Waals surface area contributed by atoms with Gasteiger partial charge >= 0.3 is 0 Å². The summed E-state index contributed by atoms with van der Waals surface area (Å²) in [6.45, 7) is 0.176. The van der Waals surface area contributed by atoms with Crippen molar-refractivity contribution < 1.29 is 35.1 Å². The van der Waals surface area contributed by atoms with E-state index in [1.807, 2.05) is 0 Å². The number of carbonyl (C=O) groups excluding carboxylic acids is 2. The van der Waals surface area contributed by atoms with Crippen molar-refractivity contribution >= 4 is 11.8 Å². The van der Waals surface area contributed by atoms with Crippen molar-refractivity contribution in [1.29, 1.82) is 0 Å². The maximum absolute atomic E-state index is 11.0. The molecule has 0 spiro atoms. The van der Waals surface area contributed by atoms with Crippen LogP contribution in [0.15, 0.2) is 0 Å². The van der Waals surface area contributed by atoms with Crippen LogP contribution in [0.4, 0.5) is 0 Å². The predicted octanol–water partition coefficient (Wildman–Crippen LogP) is -3.91. The molecule has 0 heterocycles. The van der Waals surface area contributed by atoms with Gasteiger partial charge in [0.05, 0.1) is 6.61 Å². The van der Waals surface area contributed by atoms with Crippen molar-refractivity contribution in [3.63, 3.8) is 0 Å². The second-order valence-electron chi connectivity index (χ2n) is 3.22. The molecule has 0 saturated heterocycles. The monoisotopic (exact) mass is 237 g/mol. The minimum Gasteiger partial charge on any atom is -0.394 e. The molecule has 0 unspecified atom stereocenters. The fraction of sp³-hybridized carbons (Fsp3) is 0.750. The van der Waals surface area contributed by atoms with E-state index in [-0.39, 0.29) is 0 Å². The second-order valence-corrected chi connectivity index (χ2v) is 3.22. The first-order valence-electron chi connectivity index (χ1n) is 4.45. The molecule has 0 aromatic heterocycles. The number of imide groups is 1. The summed E-state index contributed by atoms with van der Waals surface area (Å²) in [4.78, 5) is 21.5. The van der Waals surface area contributed by atoms with Gasteiger partial charge in [-0.3, -0.25) is 14.9 Å². The molecule has 0 aliphatic rings. The number of aliphatic hydroxyl groups excluding tert-OH is 5. The summed E-state index contributed by atoms with van der Waals surface area (Å²) in [6.07, 6.45) is -7.70. The Labute approximate surface area is 91.1 Å². The van der Waals surface area contributed by atoms with Crippen LogP contribution in [0.1, 0.15) is 6.92 Å². The van der Waals surface area contributed by atoms with Gasteiger partial charge in [0.25, 0.3) is 5.91 Å². The lowest BCUT2D eigenvalue weighted by atomic mass is 10.0. The molecule has 0 aliphatic heterocycles. The van der Waals surface area contributed by atoms with Crippen LogP contribution >= 0.6 is 0 Å². The molecule has 0 rings (SSSR count). The van der Waals surface area contributed by atoms with Gasteiger partial charge in [-0.25, -0.2) is 0 Å². The smallest absolute Gasteiger partial charge is 0.258 e. The van der Waals surface area contributed by atoms with Crippen LogP contribution < -0.4 is 5.32 Å². The summed E-state index contributed by atoms with van der Waals surface area (Å²) >= 11 is 0. The topological polar surface area (TPSA) is 147 Å². The molecule has 94 valence electrons. The lowest BCUT2D eigenvalue weighted by Crippen LogP contribution is -2.52. The number of hydrogen-bond donors (Lipinski definition) is 6. The molecule has 0 aromatic rings. The summed E-state index contributed by atoms with van der Waals surface area (Å²) in [5, 5.41) is 46.7. The molecule has 2 amide bonds. The molecular formula is C8H15NO7. The van der Waals surface area contributed by atoms with Crippen LogP contribution in [-0.4, -0.2) is 68.4 Å². The van der Waals surface area contributed by atoms with Gasteiger partial charge in [0.15, 0.2) is 6.10 Å². The van der Waals surface area contributed by atoms with Crippen molar-refractivity contribution in [2.45, 2.75) is 31.3 Å². The lowest BCUT2D eigenvalue weighted by Gasteiger charge is -2.24. The van der Waals surface area contributed by atoms with Crippen LogP contribution in [0.2, 0.25) is 0 Å². The van der Waals surface area contributed by atoms with Gasteiger partial charge in [0, 0.05) is 6.92 Å². The van der Waals surface area contributed by atoms with E-state index in [0.29, 0.717) is 0 Å². The molecule has 8 nitrogen and oxygen atoms in total. The fourth-order valence-corrected chi connectivity index (χ4v) is 0.925. The van der Waals surface area contributed by atoms with E-state index in [1.54, 1.807) is 5.32 Å². The molecule has 4 atom stereocenters. The Hall–Kier alpha value is -1.06. The number of amides is 2. The Kier molecular flexibility index (Phi) is 6.08. The summed E-state index contributed by atoms with van der Waals surface area (Å²) < 4.78 is 0. The largest absolute Gasteiger partial charge is 0.394 e. The Morgan fingerprint density at radius 1 is 1.12 bits per heavy atom. The molecule has 0 radical (unpaired) electrons. The molecule has 0 aliphatic carbocycles. The Morgan fingerprint density at radius 2 is 1.62 bits per heavy atom. The van der Waals surface area contributed by atoms with Crippen LogP contribution in [-0.2, 0) is 9.59 Å². The molecule has 0 bridgehead atoms. The average Bonchev–Trinajstić information content (AvgIpc) is 2.23. The normalized spacial score (nSPS) is 18.4. The standard InChI is InChI=1S/C8H15NO7/c1-3(11)9-8(16)7(15)6(14)5(13)4(12)2-10/h4-7,10,12-15H,2H2,1H3,(H,9,11,16)/t4-,5+,6+,7-/m1/s1. The number of carbonyl (C=O) groups is 2. The first-order valence-corrected chi connectivity index (χ1v) is 4.45. The number of nitrogens with one attached hydrogen (secondary N) is 1. The molecule has 6 N–H and O–H groups in total. The van der Waals surface area contributed by atoms with E-state index >= 15 is 0 Å². The van der Waals surface area contributed by atoms with Crippen molar-refractivity contribution in [1.82, 2.24) is 5.32 Å². The van der Waals surface area contributed by atoms with Gasteiger partial charge in [-0.2, -0.15) is 0 Å². The zero-order valence-corrected chi connectivity index (χ0v) is 8.57. The first-order chi connectivity index (χ1) is 7.31. The van der Waals surface area contributed by atoms with Gasteiger partial charge in [0.2, 0.25) is 5.91 Å². The Morgan fingerprint density at radius 3 is 2.00 bits per heavy atom. The number of rotatable bonds is 5. The van der Waals surface area contributed by atoms with Crippen molar-refractivity contribution in [3.05, 3.63) is 0 Å². The lowest BCUT2D eigenvalue weighted by molar-refractivity contribution is -0.150. The molecule has 0 aromatic carbocycles. The van der Waals surface area contributed by atoms with Crippen LogP contribution in [0.5, 0.6) is 0 Å². The second kappa shape index (κ2) is 6.51. The highest BCUT2D eigenvalue weighted by Crippen LogP contribution is 2.05. The summed E-state index contributed by atoms with van der Waals surface area (Å²) in [6, 6.07) is 0. The van der Waals surface area contributed by atoms with Gasteiger partial charge in [0.1, 0.15) is 18.3 Å². The van der Waals surface area contributed by atoms with E-state index in [9.17, 15) is 19.8 Å². The highest BCUT2D eigenvalue weighted by Gasteiger charge is 2.34. The van der Waals surface area contributed by atoms with Crippen LogP contribution in [0.3, 0.4) is 0 Å². The third-order valence-electron chi connectivity index (χ3n) is 1.82. The summed E-state index contributed by atoms with van der Waals surface area (Å²) in [5.74, 6) is -1.95. The molecule has 16 heavy (non-hydrogen) atoms.